The van der Waals surface area contributed by atoms with E-state index in [0.717, 1.165) is 0 Å². The Labute approximate surface area is 600 Å². The minimum Gasteiger partial charge on any atom is -0.0619 e. The van der Waals surface area contributed by atoms with Crippen molar-refractivity contribution in [3.05, 3.63) is 295 Å². The van der Waals surface area contributed by atoms with E-state index in [1.54, 1.807) is 0 Å². The van der Waals surface area contributed by atoms with E-state index in [0.29, 0.717) is 0 Å². The molecule has 4 aliphatic carbocycles. The van der Waals surface area contributed by atoms with Crippen LogP contribution in [0.3, 0.4) is 0 Å². The van der Waals surface area contributed by atoms with Gasteiger partial charge in [-0.3, -0.25) is 0 Å². The molecular formula is C100H106. The summed E-state index contributed by atoms with van der Waals surface area (Å²) in [6.45, 7) is 56.9. The van der Waals surface area contributed by atoms with Crippen LogP contribution in [-0.4, -0.2) is 0 Å². The molecule has 11 aromatic carbocycles. The number of hydrogen-bond donors (Lipinski definition) is 0. The summed E-state index contributed by atoms with van der Waals surface area (Å²) in [6.07, 6.45) is 0. The maximum absolute atomic E-state index is 2.66. The molecule has 0 unspecified atom stereocenters. The first-order valence-corrected chi connectivity index (χ1v) is 37.2. The minimum atomic E-state index is -0.782. The molecule has 0 amide bonds. The molecule has 11 aromatic rings. The fourth-order valence-corrected chi connectivity index (χ4v) is 17.3. The van der Waals surface area contributed by atoms with Crippen molar-refractivity contribution in [1.82, 2.24) is 0 Å². The molecule has 0 saturated carbocycles. The number of hydrogen-bond acceptors (Lipinski definition) is 0. The quantitative estimate of drug-likeness (QED) is 0.165. The molecule has 0 heterocycles. The maximum atomic E-state index is 2.66. The van der Waals surface area contributed by atoms with Gasteiger partial charge in [0, 0.05) is 0 Å². The third-order valence-electron chi connectivity index (χ3n) is 23.5. The van der Waals surface area contributed by atoms with Gasteiger partial charge in [-0.15, -0.1) is 0 Å². The van der Waals surface area contributed by atoms with Gasteiger partial charge in [0.2, 0.25) is 0 Å². The summed E-state index contributed by atoms with van der Waals surface area (Å²) in [6, 6.07) is 84.7. The van der Waals surface area contributed by atoms with Gasteiger partial charge in [-0.2, -0.15) is 0 Å². The zero-order valence-electron chi connectivity index (χ0n) is 64.6. The van der Waals surface area contributed by atoms with E-state index < -0.39 is 10.8 Å². The second-order valence-electron chi connectivity index (χ2n) is 38.7. The van der Waals surface area contributed by atoms with Crippen LogP contribution >= 0.6 is 0 Å². The highest BCUT2D eigenvalue weighted by molar-refractivity contribution is 6.04. The van der Waals surface area contributed by atoms with E-state index in [4.69, 9.17) is 0 Å². The van der Waals surface area contributed by atoms with Crippen LogP contribution in [0, 0.1) is 0 Å². The minimum absolute atomic E-state index is 0.0624. The van der Waals surface area contributed by atoms with E-state index in [9.17, 15) is 0 Å². The predicted octanol–water partition coefficient (Wildman–Crippen LogP) is 27.4. The largest absolute Gasteiger partial charge is 0.0729 e. The molecule has 0 bridgehead atoms. The van der Waals surface area contributed by atoms with Crippen molar-refractivity contribution in [2.45, 2.75) is 220 Å². The van der Waals surface area contributed by atoms with Crippen molar-refractivity contribution in [3.63, 3.8) is 0 Å². The van der Waals surface area contributed by atoms with Crippen LogP contribution in [0.25, 0.3) is 89.0 Å². The Kier molecular flexibility index (Phi) is 14.8. The molecule has 0 heteroatoms. The Morgan fingerprint density at radius 2 is 0.340 bits per heavy atom. The average molecular weight is 1310 g/mol. The van der Waals surface area contributed by atoms with Crippen LogP contribution in [-0.2, 0) is 54.1 Å². The predicted molar refractivity (Wildman–Crippen MR) is 430 cm³/mol. The van der Waals surface area contributed by atoms with Gasteiger partial charge < -0.3 is 0 Å². The lowest BCUT2D eigenvalue weighted by Crippen LogP contribution is -2.33. The Morgan fingerprint density at radius 1 is 0.160 bits per heavy atom. The molecule has 4 aliphatic rings. The van der Waals surface area contributed by atoms with Crippen LogP contribution in [0.4, 0.5) is 0 Å². The Morgan fingerprint density at radius 3 is 0.540 bits per heavy atom. The fourth-order valence-electron chi connectivity index (χ4n) is 17.3. The summed E-state index contributed by atoms with van der Waals surface area (Å²) in [4.78, 5) is 0. The third kappa shape index (κ3) is 10.5. The van der Waals surface area contributed by atoms with Crippen LogP contribution in [0.15, 0.2) is 206 Å². The number of fused-ring (bicyclic) bond motifs is 21. The highest BCUT2D eigenvalue weighted by atomic mass is 14.6. The second kappa shape index (κ2) is 22.0. The van der Waals surface area contributed by atoms with Crippen LogP contribution in [0.5, 0.6) is 0 Å². The molecule has 506 valence electrons. The lowest BCUT2D eigenvalue weighted by Gasteiger charge is -2.38. The highest BCUT2D eigenvalue weighted by Crippen LogP contribution is 2.72. The molecule has 0 saturated heterocycles. The van der Waals surface area contributed by atoms with E-state index >= 15 is 0 Å². The normalized spacial score (nSPS) is 15.0. The number of rotatable bonds is 4. The van der Waals surface area contributed by atoms with Gasteiger partial charge in [-0.1, -0.05) is 348 Å². The molecule has 0 radical (unpaired) electrons. The molecule has 0 atom stereocenters. The molecule has 0 fully saturated rings. The van der Waals surface area contributed by atoms with Gasteiger partial charge in [0.25, 0.3) is 0 Å². The van der Waals surface area contributed by atoms with Gasteiger partial charge >= 0.3 is 0 Å². The van der Waals surface area contributed by atoms with Gasteiger partial charge in [0.1, 0.15) is 0 Å². The first-order valence-electron chi connectivity index (χ1n) is 37.2. The zero-order chi connectivity index (χ0) is 71.5. The molecule has 0 nitrogen and oxygen atoms in total. The maximum Gasteiger partial charge on any atom is 0.0729 e. The summed E-state index contributed by atoms with van der Waals surface area (Å²) in [5.41, 5.74) is 40.2. The van der Waals surface area contributed by atoms with Crippen molar-refractivity contribution in [2.75, 3.05) is 0 Å². The summed E-state index contributed by atoms with van der Waals surface area (Å²) in [5, 5.41) is 0. The average Bonchev–Trinajstić information content (AvgIpc) is 1.47. The first-order chi connectivity index (χ1) is 46.6. The van der Waals surface area contributed by atoms with Crippen LogP contribution < -0.4 is 0 Å². The smallest absolute Gasteiger partial charge is 0.0619 e. The van der Waals surface area contributed by atoms with Crippen molar-refractivity contribution >= 4 is 0 Å². The van der Waals surface area contributed by atoms with Gasteiger partial charge in [0.15, 0.2) is 0 Å². The van der Waals surface area contributed by atoms with Crippen molar-refractivity contribution in [3.8, 4) is 89.0 Å². The second-order valence-corrected chi connectivity index (χ2v) is 38.7. The summed E-state index contributed by atoms with van der Waals surface area (Å²) in [7, 11) is 0. The van der Waals surface area contributed by atoms with E-state index in [-0.39, 0.29) is 43.3 Å². The van der Waals surface area contributed by atoms with Crippen molar-refractivity contribution in [1.29, 1.82) is 0 Å². The Hall–Kier alpha value is -8.58. The zero-order valence-corrected chi connectivity index (χ0v) is 64.6. The molecule has 0 aromatic heterocycles. The Bertz CT molecular complexity index is 4520. The Balaban J connectivity index is 1.12. The molecule has 2 spiro atoms. The fraction of sp³-hybridized carbons (Fsp3) is 0.340. The first kappa shape index (κ1) is 67.3. The molecule has 15 rings (SSSR count). The SMILES string of the molecule is CC(C)(C)c1cc(-c2ccc3c(c2)C2(c4cc(-c5cc(C(C)(C)C)cc(C(C)(C)C)c5)ccc4-3)c3ccccc3-c3ccc4c(c32)C2(c3cc(-c5cc(C(C)(C)C)cc(C(C)(C)C)c5)ccc3-c3ccc(-c5cc(C(C)(C)C)cc(C(C)(C)C)c5)cc32)c2ccccc2-4)cc(C(C)(C)C)c1. The standard InChI is InChI=1S/C100H106/c1-91(2,3)67-43-63(44-68(55-67)92(4,5)6)59-33-37-77-78-38-34-60(64-45-69(93(7,8)9)56-70(46-64)94(10,11)12)52-86(78)99(85(77)51-59)83-31-27-25-29-75(83)81-41-42-82-76-30-26-28-32-84(76)100(90(82)89(81)99)87-53-61(65-47-71(95(13,14)15)57-72(48-65)96(16,17)18)35-39-79(87)80-40-36-62(54-88(80)100)66-49-73(97(19,20)21)58-74(50-66)98(22,23)24/h25-58H,1-24H3. The van der Waals surface area contributed by atoms with E-state index in [2.05, 4.69) is 372 Å². The summed E-state index contributed by atoms with van der Waals surface area (Å²) in [5.74, 6) is 0. The van der Waals surface area contributed by atoms with Crippen LogP contribution in [0.2, 0.25) is 0 Å². The summed E-state index contributed by atoms with van der Waals surface area (Å²) < 4.78 is 0. The molecule has 0 aliphatic heterocycles. The molecular weight excluding hydrogens is 1200 g/mol. The highest BCUT2D eigenvalue weighted by Gasteiger charge is 2.60. The van der Waals surface area contributed by atoms with E-state index in [1.165, 1.54) is 178 Å². The lowest BCUT2D eigenvalue weighted by atomic mass is 9.62. The molecule has 100 heavy (non-hydrogen) atoms. The number of benzene rings is 11. The topological polar surface area (TPSA) is 0 Å². The van der Waals surface area contributed by atoms with Gasteiger partial charge in [0.05, 0.1) is 10.8 Å². The summed E-state index contributed by atoms with van der Waals surface area (Å²) >= 11 is 0. The molecule has 0 N–H and O–H groups in total. The lowest BCUT2D eigenvalue weighted by molar-refractivity contribution is 0.568. The van der Waals surface area contributed by atoms with Crippen molar-refractivity contribution in [2.24, 2.45) is 0 Å². The monoisotopic (exact) mass is 1310 g/mol. The van der Waals surface area contributed by atoms with Gasteiger partial charge in [-0.25, -0.2) is 0 Å². The van der Waals surface area contributed by atoms with Crippen LogP contribution in [0.1, 0.15) is 255 Å². The van der Waals surface area contributed by atoms with Gasteiger partial charge in [-0.05, 0) is 246 Å². The third-order valence-corrected chi connectivity index (χ3v) is 23.5. The van der Waals surface area contributed by atoms with E-state index in [1.807, 2.05) is 0 Å². The van der Waals surface area contributed by atoms with Crippen molar-refractivity contribution < 1.29 is 0 Å².